The van der Waals surface area contributed by atoms with Crippen molar-refractivity contribution in [2.75, 3.05) is 20.3 Å². The Hall–Kier alpha value is -3.58. The zero-order valence-corrected chi connectivity index (χ0v) is 20.1. The van der Waals surface area contributed by atoms with Gasteiger partial charge in [0.1, 0.15) is 37.1 Å². The molecule has 2 amide bonds. The minimum absolute atomic E-state index is 0.0123. The number of ether oxygens (including phenoxy) is 1. The number of hydrogen-bond donors (Lipinski definition) is 3. The standard InChI is InChI=1S/C23H23ClF4N4O5/c1-36-31-21(29)15-8-16(25)12(6-17(15)26)9-30-22(34)18-2-3-32(18)23(35)20(33)11-4-13(24)7-14(5-11)37-10-19(27)28/h4-8,18-20,33H,2-3,9-10H2,1H3,(H2,29,31)(H,30,34)/t18-,20+/m0/s1. The molecule has 1 fully saturated rings. The number of amidine groups is 1. The van der Waals surface area contributed by atoms with Gasteiger partial charge in [0, 0.05) is 23.7 Å². The molecule has 0 unspecified atom stereocenters. The van der Waals surface area contributed by atoms with Gasteiger partial charge in [-0.25, -0.2) is 17.6 Å². The van der Waals surface area contributed by atoms with Gasteiger partial charge in [0.15, 0.2) is 11.9 Å². The molecular formula is C23H23ClF4N4O5. The number of nitrogens with two attached hydrogens (primary N) is 1. The van der Waals surface area contributed by atoms with Crippen molar-refractivity contribution in [1.29, 1.82) is 0 Å². The number of halogens is 5. The molecule has 1 saturated heterocycles. The summed E-state index contributed by atoms with van der Waals surface area (Å²) in [5.74, 6) is -3.65. The summed E-state index contributed by atoms with van der Waals surface area (Å²) in [6, 6.07) is 4.40. The number of rotatable bonds is 10. The summed E-state index contributed by atoms with van der Waals surface area (Å²) < 4.78 is 58.4. The van der Waals surface area contributed by atoms with Gasteiger partial charge in [-0.15, -0.1) is 0 Å². The SMILES string of the molecule is CO/N=C(\N)c1cc(F)c(CNC(=O)[C@@H]2CCN2C(=O)[C@H](O)c2cc(Cl)cc(OCC(F)F)c2)cc1F. The topological polar surface area (TPSA) is 126 Å². The number of carbonyl (C=O) groups is 2. The lowest BCUT2D eigenvalue weighted by molar-refractivity contribution is -0.154. The number of benzene rings is 2. The first-order chi connectivity index (χ1) is 17.5. The number of nitrogens with one attached hydrogen (secondary N) is 1. The number of aliphatic hydroxyl groups is 1. The lowest BCUT2D eigenvalue weighted by Gasteiger charge is -2.40. The number of hydrogen-bond acceptors (Lipinski definition) is 6. The maximum absolute atomic E-state index is 14.4. The molecule has 0 bridgehead atoms. The molecule has 0 spiro atoms. The predicted octanol–water partition coefficient (Wildman–Crippen LogP) is 2.48. The van der Waals surface area contributed by atoms with Gasteiger partial charge in [0.05, 0.1) is 5.56 Å². The molecule has 37 heavy (non-hydrogen) atoms. The lowest BCUT2D eigenvalue weighted by Crippen LogP contribution is -2.59. The first kappa shape index (κ1) is 28.0. The van der Waals surface area contributed by atoms with E-state index in [1.807, 2.05) is 0 Å². The summed E-state index contributed by atoms with van der Waals surface area (Å²) >= 11 is 5.94. The third-order valence-electron chi connectivity index (χ3n) is 5.48. The summed E-state index contributed by atoms with van der Waals surface area (Å²) in [5.41, 5.74) is 5.01. The van der Waals surface area contributed by atoms with Crippen LogP contribution in [-0.2, 0) is 21.0 Å². The fourth-order valence-corrected chi connectivity index (χ4v) is 3.81. The minimum Gasteiger partial charge on any atom is -0.488 e. The Kier molecular flexibility index (Phi) is 9.16. The zero-order valence-electron chi connectivity index (χ0n) is 19.4. The van der Waals surface area contributed by atoms with Crippen LogP contribution in [0.4, 0.5) is 17.6 Å². The van der Waals surface area contributed by atoms with Crippen molar-refractivity contribution >= 4 is 29.3 Å². The summed E-state index contributed by atoms with van der Waals surface area (Å²) in [4.78, 5) is 31.0. The van der Waals surface area contributed by atoms with E-state index in [4.69, 9.17) is 22.1 Å². The van der Waals surface area contributed by atoms with Crippen LogP contribution in [-0.4, -0.2) is 60.4 Å². The van der Waals surface area contributed by atoms with E-state index >= 15 is 0 Å². The molecule has 0 radical (unpaired) electrons. The average molecular weight is 547 g/mol. The fraction of sp³-hybridized carbons (Fsp3) is 0.348. The van der Waals surface area contributed by atoms with E-state index in [0.717, 1.165) is 17.0 Å². The van der Waals surface area contributed by atoms with Crippen molar-refractivity contribution in [3.05, 3.63) is 63.7 Å². The second-order valence-electron chi connectivity index (χ2n) is 7.96. The molecule has 0 saturated carbocycles. The van der Waals surface area contributed by atoms with Gasteiger partial charge in [-0.1, -0.05) is 16.8 Å². The van der Waals surface area contributed by atoms with E-state index in [0.29, 0.717) is 0 Å². The Balaban J connectivity index is 1.64. The molecule has 4 N–H and O–H groups in total. The summed E-state index contributed by atoms with van der Waals surface area (Å²) in [7, 11) is 1.19. The largest absolute Gasteiger partial charge is 0.488 e. The summed E-state index contributed by atoms with van der Waals surface area (Å²) in [5, 5.41) is 16.3. The van der Waals surface area contributed by atoms with Gasteiger partial charge in [-0.3, -0.25) is 9.59 Å². The van der Waals surface area contributed by atoms with Gasteiger partial charge >= 0.3 is 0 Å². The highest BCUT2D eigenvalue weighted by atomic mass is 35.5. The van der Waals surface area contributed by atoms with Crippen LogP contribution in [0.3, 0.4) is 0 Å². The lowest BCUT2D eigenvalue weighted by atomic mass is 9.98. The Labute approximate surface area is 213 Å². The van der Waals surface area contributed by atoms with Crippen LogP contribution in [0.15, 0.2) is 35.5 Å². The highest BCUT2D eigenvalue weighted by Gasteiger charge is 2.40. The van der Waals surface area contributed by atoms with Crippen molar-refractivity contribution < 1.29 is 41.8 Å². The average Bonchev–Trinajstić information content (AvgIpc) is 2.81. The molecule has 2 aromatic carbocycles. The van der Waals surface area contributed by atoms with Gasteiger partial charge < -0.3 is 30.6 Å². The molecule has 0 aliphatic carbocycles. The van der Waals surface area contributed by atoms with Crippen molar-refractivity contribution in [1.82, 2.24) is 10.2 Å². The van der Waals surface area contributed by atoms with E-state index in [-0.39, 0.29) is 52.8 Å². The number of oxime groups is 1. The van der Waals surface area contributed by atoms with Crippen molar-refractivity contribution in [2.45, 2.75) is 31.5 Å². The molecule has 9 nitrogen and oxygen atoms in total. The quantitative estimate of drug-likeness (QED) is 0.182. The predicted molar refractivity (Wildman–Crippen MR) is 124 cm³/mol. The number of aliphatic hydroxyl groups excluding tert-OH is 1. The third kappa shape index (κ3) is 6.80. The fourth-order valence-electron chi connectivity index (χ4n) is 3.58. The van der Waals surface area contributed by atoms with Gasteiger partial charge in [-0.2, -0.15) is 0 Å². The molecule has 200 valence electrons. The third-order valence-corrected chi connectivity index (χ3v) is 5.70. The first-order valence-corrected chi connectivity index (χ1v) is 11.2. The van der Waals surface area contributed by atoms with E-state index in [1.54, 1.807) is 0 Å². The van der Waals surface area contributed by atoms with Crippen LogP contribution >= 0.6 is 11.6 Å². The van der Waals surface area contributed by atoms with Crippen LogP contribution in [0.1, 0.15) is 29.2 Å². The van der Waals surface area contributed by atoms with Crippen LogP contribution in [0.2, 0.25) is 5.02 Å². The van der Waals surface area contributed by atoms with E-state index < -0.39 is 48.6 Å². The molecule has 1 heterocycles. The monoisotopic (exact) mass is 546 g/mol. The molecule has 14 heteroatoms. The Morgan fingerprint density at radius 1 is 1.24 bits per heavy atom. The van der Waals surface area contributed by atoms with Gasteiger partial charge in [0.25, 0.3) is 12.3 Å². The smallest absolute Gasteiger partial charge is 0.272 e. The number of alkyl halides is 2. The van der Waals surface area contributed by atoms with Crippen LogP contribution in [0.5, 0.6) is 5.75 Å². The van der Waals surface area contributed by atoms with Crippen LogP contribution in [0, 0.1) is 11.6 Å². The minimum atomic E-state index is -2.74. The Morgan fingerprint density at radius 3 is 2.59 bits per heavy atom. The summed E-state index contributed by atoms with van der Waals surface area (Å²) in [6.45, 7) is -1.14. The Morgan fingerprint density at radius 2 is 1.97 bits per heavy atom. The van der Waals surface area contributed by atoms with Crippen LogP contribution in [0.25, 0.3) is 0 Å². The van der Waals surface area contributed by atoms with Crippen molar-refractivity contribution in [2.24, 2.45) is 10.9 Å². The number of nitrogens with zero attached hydrogens (tertiary/aromatic N) is 2. The molecule has 3 rings (SSSR count). The highest BCUT2D eigenvalue weighted by Crippen LogP contribution is 2.29. The second-order valence-corrected chi connectivity index (χ2v) is 8.40. The molecule has 2 aromatic rings. The zero-order chi connectivity index (χ0) is 27.3. The second kappa shape index (κ2) is 12.1. The van der Waals surface area contributed by atoms with E-state index in [1.165, 1.54) is 25.3 Å². The molecule has 0 aromatic heterocycles. The van der Waals surface area contributed by atoms with E-state index in [9.17, 15) is 32.3 Å². The van der Waals surface area contributed by atoms with Crippen LogP contribution < -0.4 is 15.8 Å². The maximum Gasteiger partial charge on any atom is 0.272 e. The first-order valence-electron chi connectivity index (χ1n) is 10.8. The molecule has 1 aliphatic heterocycles. The number of likely N-dealkylation sites (tertiary alicyclic amines) is 1. The Bertz CT molecular complexity index is 1200. The van der Waals surface area contributed by atoms with Gasteiger partial charge in [-0.05, 0) is 42.3 Å². The number of carbonyl (C=O) groups excluding carboxylic acids is 2. The molecule has 2 atom stereocenters. The van der Waals surface area contributed by atoms with E-state index in [2.05, 4.69) is 15.3 Å². The number of amides is 2. The van der Waals surface area contributed by atoms with Crippen molar-refractivity contribution in [3.63, 3.8) is 0 Å². The summed E-state index contributed by atoms with van der Waals surface area (Å²) in [6.07, 6.45) is -4.22. The molecule has 1 aliphatic rings. The van der Waals surface area contributed by atoms with Crippen molar-refractivity contribution in [3.8, 4) is 5.75 Å². The highest BCUT2D eigenvalue weighted by molar-refractivity contribution is 6.30. The molecular weight excluding hydrogens is 524 g/mol. The normalized spacial score (nSPS) is 16.3. The van der Waals surface area contributed by atoms with Gasteiger partial charge in [0.2, 0.25) is 5.91 Å². The maximum atomic E-state index is 14.4.